The van der Waals surface area contributed by atoms with Gasteiger partial charge < -0.3 is 20.1 Å². The Hall–Kier alpha value is -1.95. The lowest BCUT2D eigenvalue weighted by Crippen LogP contribution is -2.45. The first-order valence-electron chi connectivity index (χ1n) is 9.66. The van der Waals surface area contributed by atoms with E-state index in [9.17, 15) is 0 Å². The van der Waals surface area contributed by atoms with Crippen LogP contribution in [0.4, 0.5) is 0 Å². The summed E-state index contributed by atoms with van der Waals surface area (Å²) in [5, 5.41) is 7.00. The Kier molecular flexibility index (Phi) is 6.61. The highest BCUT2D eigenvalue weighted by Crippen LogP contribution is 2.33. The molecule has 144 valence electrons. The summed E-state index contributed by atoms with van der Waals surface area (Å²) in [6, 6.07) is 4.83. The summed E-state index contributed by atoms with van der Waals surface area (Å²) in [7, 11) is 5.23. The Bertz CT molecular complexity index is 626. The Morgan fingerprint density at radius 1 is 1.15 bits per heavy atom. The van der Waals surface area contributed by atoms with Crippen LogP contribution < -0.4 is 20.1 Å². The third-order valence-electron chi connectivity index (χ3n) is 5.44. The Balaban J connectivity index is 1.49. The highest BCUT2D eigenvalue weighted by molar-refractivity contribution is 5.79. The number of aliphatic imine (C=N–C) groups is 1. The number of guanidine groups is 1. The second-order valence-electron chi connectivity index (χ2n) is 7.13. The first kappa shape index (κ1) is 18.8. The van der Waals surface area contributed by atoms with Gasteiger partial charge in [-0.15, -0.1) is 0 Å². The number of benzene rings is 1. The van der Waals surface area contributed by atoms with E-state index in [0.717, 1.165) is 50.1 Å². The van der Waals surface area contributed by atoms with Gasteiger partial charge in [0.15, 0.2) is 17.5 Å². The molecular formula is C20H32N4O2. The number of hydrogen-bond acceptors (Lipinski definition) is 4. The molecule has 0 bridgehead atoms. The Morgan fingerprint density at radius 2 is 1.85 bits per heavy atom. The minimum Gasteiger partial charge on any atom is -0.493 e. The zero-order chi connectivity index (χ0) is 18.4. The Morgan fingerprint density at radius 3 is 2.50 bits per heavy atom. The van der Waals surface area contributed by atoms with Gasteiger partial charge in [-0.05, 0) is 42.5 Å². The number of nitrogens with zero attached hydrogens (tertiary/aromatic N) is 2. The number of ether oxygens (including phenoxy) is 2. The fraction of sp³-hybridized carbons (Fsp3) is 0.650. The summed E-state index contributed by atoms with van der Waals surface area (Å²) in [6.07, 6.45) is 6.22. The topological polar surface area (TPSA) is 58.1 Å². The maximum Gasteiger partial charge on any atom is 0.191 e. The van der Waals surface area contributed by atoms with Gasteiger partial charge in [-0.25, -0.2) is 0 Å². The van der Waals surface area contributed by atoms with Crippen LogP contribution in [0.2, 0.25) is 0 Å². The number of fused-ring (bicyclic) bond motifs is 1. The molecule has 6 heteroatoms. The second kappa shape index (κ2) is 9.12. The highest BCUT2D eigenvalue weighted by Gasteiger charge is 2.20. The lowest BCUT2D eigenvalue weighted by atomic mass is 9.99. The van der Waals surface area contributed by atoms with Crippen LogP contribution in [0, 0.1) is 0 Å². The molecule has 1 heterocycles. The van der Waals surface area contributed by atoms with Crippen LogP contribution in [0.5, 0.6) is 11.5 Å². The van der Waals surface area contributed by atoms with Gasteiger partial charge in [0.2, 0.25) is 0 Å². The van der Waals surface area contributed by atoms with Crippen molar-refractivity contribution in [3.8, 4) is 11.5 Å². The molecule has 2 N–H and O–H groups in total. The fourth-order valence-corrected chi connectivity index (χ4v) is 3.92. The van der Waals surface area contributed by atoms with Crippen molar-refractivity contribution in [2.45, 2.75) is 44.7 Å². The Labute approximate surface area is 157 Å². The molecule has 1 aliphatic carbocycles. The van der Waals surface area contributed by atoms with Crippen LogP contribution in [0.1, 0.15) is 36.8 Å². The number of rotatable bonds is 6. The summed E-state index contributed by atoms with van der Waals surface area (Å²) in [4.78, 5) is 6.83. The smallest absolute Gasteiger partial charge is 0.191 e. The third kappa shape index (κ3) is 4.61. The van der Waals surface area contributed by atoms with Crippen molar-refractivity contribution in [3.05, 3.63) is 23.3 Å². The highest BCUT2D eigenvalue weighted by atomic mass is 16.5. The van der Waals surface area contributed by atoms with Crippen LogP contribution >= 0.6 is 0 Å². The SMILES string of the molecule is CN=C(NCCN1CCc2cc(OC)c(OC)cc2C1)NC1CCCC1. The fourth-order valence-electron chi connectivity index (χ4n) is 3.92. The summed E-state index contributed by atoms with van der Waals surface area (Å²) in [6.45, 7) is 3.92. The number of nitrogens with one attached hydrogen (secondary N) is 2. The zero-order valence-corrected chi connectivity index (χ0v) is 16.3. The van der Waals surface area contributed by atoms with Gasteiger partial charge in [0, 0.05) is 39.3 Å². The van der Waals surface area contributed by atoms with E-state index in [1.165, 1.54) is 36.8 Å². The molecule has 0 atom stereocenters. The second-order valence-corrected chi connectivity index (χ2v) is 7.13. The van der Waals surface area contributed by atoms with Gasteiger partial charge in [-0.3, -0.25) is 9.89 Å². The molecule has 26 heavy (non-hydrogen) atoms. The van der Waals surface area contributed by atoms with Crippen molar-refractivity contribution in [2.75, 3.05) is 40.9 Å². The molecule has 3 rings (SSSR count). The van der Waals surface area contributed by atoms with E-state index in [4.69, 9.17) is 9.47 Å². The maximum atomic E-state index is 5.45. The van der Waals surface area contributed by atoms with Gasteiger partial charge in [-0.1, -0.05) is 12.8 Å². The van der Waals surface area contributed by atoms with E-state index in [1.54, 1.807) is 14.2 Å². The molecule has 1 aromatic carbocycles. The molecule has 0 spiro atoms. The minimum absolute atomic E-state index is 0.588. The van der Waals surface area contributed by atoms with Crippen LogP contribution in [-0.4, -0.2) is 57.8 Å². The van der Waals surface area contributed by atoms with E-state index in [1.807, 2.05) is 7.05 Å². The van der Waals surface area contributed by atoms with Gasteiger partial charge in [-0.2, -0.15) is 0 Å². The molecular weight excluding hydrogens is 328 g/mol. The van der Waals surface area contributed by atoms with Crippen molar-refractivity contribution >= 4 is 5.96 Å². The van der Waals surface area contributed by atoms with Crippen molar-refractivity contribution in [1.82, 2.24) is 15.5 Å². The molecule has 0 saturated heterocycles. The van der Waals surface area contributed by atoms with Crippen LogP contribution in [0.3, 0.4) is 0 Å². The quantitative estimate of drug-likeness (QED) is 0.601. The summed E-state index contributed by atoms with van der Waals surface area (Å²) in [5.41, 5.74) is 2.70. The summed E-state index contributed by atoms with van der Waals surface area (Å²) >= 11 is 0. The van der Waals surface area contributed by atoms with Crippen LogP contribution in [0.25, 0.3) is 0 Å². The first-order valence-corrected chi connectivity index (χ1v) is 9.66. The van der Waals surface area contributed by atoms with Crippen molar-refractivity contribution in [2.24, 2.45) is 4.99 Å². The first-order chi connectivity index (χ1) is 12.7. The third-order valence-corrected chi connectivity index (χ3v) is 5.44. The van der Waals surface area contributed by atoms with Crippen LogP contribution in [0.15, 0.2) is 17.1 Å². The van der Waals surface area contributed by atoms with Gasteiger partial charge >= 0.3 is 0 Å². The minimum atomic E-state index is 0.588. The van der Waals surface area contributed by atoms with E-state index in [-0.39, 0.29) is 0 Å². The predicted molar refractivity (Wildman–Crippen MR) is 105 cm³/mol. The van der Waals surface area contributed by atoms with Gasteiger partial charge in [0.1, 0.15) is 0 Å². The number of hydrogen-bond donors (Lipinski definition) is 2. The molecule has 1 aromatic rings. The van der Waals surface area contributed by atoms with E-state index >= 15 is 0 Å². The van der Waals surface area contributed by atoms with E-state index < -0.39 is 0 Å². The molecule has 1 saturated carbocycles. The molecule has 1 aliphatic heterocycles. The number of methoxy groups -OCH3 is 2. The zero-order valence-electron chi connectivity index (χ0n) is 16.3. The van der Waals surface area contributed by atoms with Crippen LogP contribution in [-0.2, 0) is 13.0 Å². The molecule has 2 aliphatic rings. The molecule has 6 nitrogen and oxygen atoms in total. The molecule has 0 radical (unpaired) electrons. The lowest BCUT2D eigenvalue weighted by molar-refractivity contribution is 0.256. The average molecular weight is 361 g/mol. The average Bonchev–Trinajstić information content (AvgIpc) is 3.19. The largest absolute Gasteiger partial charge is 0.493 e. The molecule has 0 unspecified atom stereocenters. The van der Waals surface area contributed by atoms with E-state index in [2.05, 4.69) is 32.7 Å². The summed E-state index contributed by atoms with van der Waals surface area (Å²) < 4.78 is 10.9. The van der Waals surface area contributed by atoms with Gasteiger partial charge in [0.25, 0.3) is 0 Å². The monoisotopic (exact) mass is 360 g/mol. The maximum absolute atomic E-state index is 5.45. The van der Waals surface area contributed by atoms with E-state index in [0.29, 0.717) is 6.04 Å². The molecule has 0 aromatic heterocycles. The summed E-state index contributed by atoms with van der Waals surface area (Å²) in [5.74, 6) is 2.57. The molecule has 1 fully saturated rings. The standard InChI is InChI=1S/C20H32N4O2/c1-21-20(23-17-6-4-5-7-17)22-9-11-24-10-8-15-12-18(25-2)19(26-3)13-16(15)14-24/h12-13,17H,4-11,14H2,1-3H3,(H2,21,22,23). The van der Waals surface area contributed by atoms with Crippen molar-refractivity contribution in [3.63, 3.8) is 0 Å². The van der Waals surface area contributed by atoms with Gasteiger partial charge in [0.05, 0.1) is 14.2 Å². The lowest BCUT2D eigenvalue weighted by Gasteiger charge is -2.29. The predicted octanol–water partition coefficient (Wildman–Crippen LogP) is 2.17. The van der Waals surface area contributed by atoms with Crippen molar-refractivity contribution < 1.29 is 9.47 Å². The van der Waals surface area contributed by atoms with Crippen molar-refractivity contribution in [1.29, 1.82) is 0 Å². The molecule has 0 amide bonds. The normalized spacial score (nSPS) is 18.5.